The van der Waals surface area contributed by atoms with Gasteiger partial charge in [0.05, 0.1) is 0 Å². The minimum atomic E-state index is 0.569. The van der Waals surface area contributed by atoms with Gasteiger partial charge in [0.1, 0.15) is 11.6 Å². The van der Waals surface area contributed by atoms with Gasteiger partial charge in [-0.25, -0.2) is 9.97 Å². The lowest BCUT2D eigenvalue weighted by atomic mass is 10.1. The van der Waals surface area contributed by atoms with Crippen LogP contribution in [0.5, 0.6) is 0 Å². The predicted molar refractivity (Wildman–Crippen MR) is 49.8 cm³/mol. The average Bonchev–Trinajstić information content (AvgIpc) is 1.96. The van der Waals surface area contributed by atoms with Crippen molar-refractivity contribution < 1.29 is 0 Å². The van der Waals surface area contributed by atoms with Gasteiger partial charge in [-0.15, -0.1) is 6.58 Å². The lowest BCUT2D eigenvalue weighted by Crippen LogP contribution is -2.04. The zero-order chi connectivity index (χ0) is 9.14. The molecule has 0 aliphatic carbocycles. The van der Waals surface area contributed by atoms with Gasteiger partial charge in [0.2, 0.25) is 0 Å². The van der Waals surface area contributed by atoms with Gasteiger partial charge in [0.15, 0.2) is 0 Å². The molecule has 0 fully saturated rings. The molecular formula is C9H13N3. The topological polar surface area (TPSA) is 51.8 Å². The van der Waals surface area contributed by atoms with Crippen LogP contribution in [0, 0.1) is 13.8 Å². The average molecular weight is 163 g/mol. The summed E-state index contributed by atoms with van der Waals surface area (Å²) in [5.74, 6) is 1.29. The lowest BCUT2D eigenvalue weighted by Gasteiger charge is -2.05. The van der Waals surface area contributed by atoms with Crippen LogP contribution in [0.3, 0.4) is 0 Å². The van der Waals surface area contributed by atoms with Gasteiger partial charge in [0.25, 0.3) is 0 Å². The summed E-state index contributed by atoms with van der Waals surface area (Å²) in [6, 6.07) is 0. The summed E-state index contributed by atoms with van der Waals surface area (Å²) in [5.41, 5.74) is 7.64. The van der Waals surface area contributed by atoms with E-state index in [9.17, 15) is 0 Å². The van der Waals surface area contributed by atoms with E-state index in [-0.39, 0.29) is 0 Å². The molecule has 0 aliphatic rings. The molecule has 1 aromatic heterocycles. The number of rotatable bonds is 2. The van der Waals surface area contributed by atoms with E-state index in [1.54, 1.807) is 6.08 Å². The maximum absolute atomic E-state index is 5.71. The van der Waals surface area contributed by atoms with E-state index in [1.807, 2.05) is 13.8 Å². The Morgan fingerprint density at radius 2 is 2.08 bits per heavy atom. The molecule has 2 N–H and O–H groups in total. The molecule has 3 heteroatoms. The Balaban J connectivity index is 3.18. The van der Waals surface area contributed by atoms with Crippen molar-refractivity contribution in [2.75, 3.05) is 5.73 Å². The van der Waals surface area contributed by atoms with Crippen molar-refractivity contribution in [3.8, 4) is 0 Å². The van der Waals surface area contributed by atoms with Gasteiger partial charge in [0, 0.05) is 11.3 Å². The first-order valence-corrected chi connectivity index (χ1v) is 3.85. The van der Waals surface area contributed by atoms with Crippen LogP contribution in [-0.2, 0) is 6.42 Å². The molecule has 0 spiro atoms. The summed E-state index contributed by atoms with van der Waals surface area (Å²) in [4.78, 5) is 8.29. The molecular weight excluding hydrogens is 150 g/mol. The largest absolute Gasteiger partial charge is 0.383 e. The molecule has 0 aromatic carbocycles. The van der Waals surface area contributed by atoms with Gasteiger partial charge in [-0.05, 0) is 20.3 Å². The number of allylic oxidation sites excluding steroid dienone is 1. The molecule has 1 rings (SSSR count). The van der Waals surface area contributed by atoms with Gasteiger partial charge in [-0.2, -0.15) is 0 Å². The van der Waals surface area contributed by atoms with Crippen molar-refractivity contribution in [1.82, 2.24) is 9.97 Å². The monoisotopic (exact) mass is 163 g/mol. The minimum absolute atomic E-state index is 0.569. The number of aromatic nitrogens is 2. The molecule has 0 unspecified atom stereocenters. The number of nitrogens with two attached hydrogens (primary N) is 1. The summed E-state index contributed by atoms with van der Waals surface area (Å²) >= 11 is 0. The Hall–Kier alpha value is -1.38. The number of nitrogen functional groups attached to an aromatic ring is 1. The molecule has 0 saturated heterocycles. The fourth-order valence-corrected chi connectivity index (χ4v) is 1.16. The van der Waals surface area contributed by atoms with E-state index in [0.717, 1.165) is 23.5 Å². The molecule has 64 valence electrons. The standard InChI is InChI=1S/C9H13N3/c1-4-5-8-6(2)11-7(3)12-9(8)10/h4H,1,5H2,2-3H3,(H2,10,11,12). The highest BCUT2D eigenvalue weighted by atomic mass is 14.9. The Labute approximate surface area is 72.3 Å². The Kier molecular flexibility index (Phi) is 2.43. The van der Waals surface area contributed by atoms with Crippen molar-refractivity contribution in [3.63, 3.8) is 0 Å². The quantitative estimate of drug-likeness (QED) is 0.670. The first kappa shape index (κ1) is 8.71. The van der Waals surface area contributed by atoms with E-state index in [4.69, 9.17) is 5.73 Å². The van der Waals surface area contributed by atoms with Crippen molar-refractivity contribution in [2.45, 2.75) is 20.3 Å². The fraction of sp³-hybridized carbons (Fsp3) is 0.333. The highest BCUT2D eigenvalue weighted by Gasteiger charge is 2.04. The van der Waals surface area contributed by atoms with E-state index in [1.165, 1.54) is 0 Å². The smallest absolute Gasteiger partial charge is 0.130 e. The second kappa shape index (κ2) is 3.34. The van der Waals surface area contributed by atoms with Crippen LogP contribution in [0.15, 0.2) is 12.7 Å². The molecule has 0 bridgehead atoms. The van der Waals surface area contributed by atoms with Gasteiger partial charge in [-0.1, -0.05) is 6.08 Å². The molecule has 0 radical (unpaired) electrons. The third kappa shape index (κ3) is 1.61. The fourth-order valence-electron chi connectivity index (χ4n) is 1.16. The normalized spacial score (nSPS) is 9.83. The maximum Gasteiger partial charge on any atom is 0.130 e. The number of nitrogens with zero attached hydrogens (tertiary/aromatic N) is 2. The van der Waals surface area contributed by atoms with Gasteiger partial charge >= 0.3 is 0 Å². The van der Waals surface area contributed by atoms with Crippen LogP contribution in [0.2, 0.25) is 0 Å². The zero-order valence-electron chi connectivity index (χ0n) is 7.46. The molecule has 1 heterocycles. The van der Waals surface area contributed by atoms with Crippen LogP contribution in [0.1, 0.15) is 17.1 Å². The van der Waals surface area contributed by atoms with E-state index in [0.29, 0.717) is 5.82 Å². The number of hydrogen-bond acceptors (Lipinski definition) is 3. The summed E-state index contributed by atoms with van der Waals surface area (Å²) in [6.07, 6.45) is 2.54. The molecule has 3 nitrogen and oxygen atoms in total. The third-order valence-electron chi connectivity index (χ3n) is 1.71. The summed E-state index contributed by atoms with van der Waals surface area (Å²) in [6.45, 7) is 7.42. The SMILES string of the molecule is C=CCc1c(C)nc(C)nc1N. The Morgan fingerprint density at radius 1 is 1.42 bits per heavy atom. The number of anilines is 1. The molecule has 12 heavy (non-hydrogen) atoms. The maximum atomic E-state index is 5.71. The highest BCUT2D eigenvalue weighted by Crippen LogP contribution is 2.13. The number of aryl methyl sites for hydroxylation is 2. The summed E-state index contributed by atoms with van der Waals surface area (Å²) in [5, 5.41) is 0. The van der Waals surface area contributed by atoms with Gasteiger partial charge in [-0.3, -0.25) is 0 Å². The molecule has 0 amide bonds. The van der Waals surface area contributed by atoms with Crippen molar-refractivity contribution >= 4 is 5.82 Å². The van der Waals surface area contributed by atoms with E-state index >= 15 is 0 Å². The second-order valence-electron chi connectivity index (χ2n) is 2.71. The van der Waals surface area contributed by atoms with Crippen LogP contribution >= 0.6 is 0 Å². The van der Waals surface area contributed by atoms with Crippen LogP contribution in [0.25, 0.3) is 0 Å². The Morgan fingerprint density at radius 3 is 2.58 bits per heavy atom. The number of hydrogen-bond donors (Lipinski definition) is 1. The van der Waals surface area contributed by atoms with Gasteiger partial charge < -0.3 is 5.73 Å². The molecule has 0 atom stereocenters. The molecule has 1 aromatic rings. The van der Waals surface area contributed by atoms with E-state index < -0.39 is 0 Å². The van der Waals surface area contributed by atoms with Crippen LogP contribution in [-0.4, -0.2) is 9.97 Å². The summed E-state index contributed by atoms with van der Waals surface area (Å²) in [7, 11) is 0. The summed E-state index contributed by atoms with van der Waals surface area (Å²) < 4.78 is 0. The Bertz CT molecular complexity index is 282. The second-order valence-corrected chi connectivity index (χ2v) is 2.71. The van der Waals surface area contributed by atoms with Crippen LogP contribution < -0.4 is 5.73 Å². The zero-order valence-corrected chi connectivity index (χ0v) is 7.46. The minimum Gasteiger partial charge on any atom is -0.383 e. The first-order chi connectivity index (χ1) is 5.65. The van der Waals surface area contributed by atoms with Crippen molar-refractivity contribution in [2.24, 2.45) is 0 Å². The molecule has 0 aliphatic heterocycles. The van der Waals surface area contributed by atoms with Crippen molar-refractivity contribution in [3.05, 3.63) is 29.7 Å². The highest BCUT2D eigenvalue weighted by molar-refractivity contribution is 5.42. The van der Waals surface area contributed by atoms with Crippen LogP contribution in [0.4, 0.5) is 5.82 Å². The predicted octanol–water partition coefficient (Wildman–Crippen LogP) is 1.40. The first-order valence-electron chi connectivity index (χ1n) is 3.85. The lowest BCUT2D eigenvalue weighted by molar-refractivity contribution is 0.977. The van der Waals surface area contributed by atoms with E-state index in [2.05, 4.69) is 16.5 Å². The molecule has 0 saturated carbocycles. The third-order valence-corrected chi connectivity index (χ3v) is 1.71. The van der Waals surface area contributed by atoms with Crippen molar-refractivity contribution in [1.29, 1.82) is 0 Å².